The van der Waals surface area contributed by atoms with Gasteiger partial charge in [0.2, 0.25) is 10.0 Å². The number of rotatable bonds is 9. The molecule has 2 rings (SSSR count). The largest absolute Gasteiger partial charge is 0.496 e. The summed E-state index contributed by atoms with van der Waals surface area (Å²) < 4.78 is 44.5. The van der Waals surface area contributed by atoms with E-state index < -0.39 is 10.0 Å². The second kappa shape index (κ2) is 9.10. The smallest absolute Gasteiger partial charge is 0.241 e. The van der Waals surface area contributed by atoms with Crippen LogP contribution in [0.4, 0.5) is 0 Å². The van der Waals surface area contributed by atoms with Crippen LogP contribution in [0.5, 0.6) is 17.2 Å². The standard InChI is InChI=1S/C20H27NO5S/c1-6-25-18-9-8-16(12-19(18)26-7-2)13-21-27(22,23)20-11-10-17(24-5)14(3)15(20)4/h8-12,21H,6-7,13H2,1-5H3. The van der Waals surface area contributed by atoms with E-state index in [1.165, 1.54) is 0 Å². The summed E-state index contributed by atoms with van der Waals surface area (Å²) in [5, 5.41) is 0. The summed E-state index contributed by atoms with van der Waals surface area (Å²) in [6, 6.07) is 8.64. The van der Waals surface area contributed by atoms with Gasteiger partial charge in [0.1, 0.15) is 5.75 Å². The van der Waals surface area contributed by atoms with Crippen molar-refractivity contribution < 1.29 is 22.6 Å². The Bertz CT molecular complexity index is 893. The molecule has 0 aromatic heterocycles. The van der Waals surface area contributed by atoms with E-state index in [0.29, 0.717) is 36.0 Å². The van der Waals surface area contributed by atoms with Gasteiger partial charge in [-0.15, -0.1) is 0 Å². The van der Waals surface area contributed by atoms with E-state index in [4.69, 9.17) is 14.2 Å². The van der Waals surface area contributed by atoms with Crippen LogP contribution in [0.25, 0.3) is 0 Å². The number of benzene rings is 2. The van der Waals surface area contributed by atoms with Crippen molar-refractivity contribution in [3.63, 3.8) is 0 Å². The van der Waals surface area contributed by atoms with Crippen LogP contribution in [0, 0.1) is 13.8 Å². The number of methoxy groups -OCH3 is 1. The van der Waals surface area contributed by atoms with Crippen LogP contribution in [-0.2, 0) is 16.6 Å². The first-order valence-electron chi connectivity index (χ1n) is 8.86. The van der Waals surface area contributed by atoms with E-state index in [2.05, 4.69) is 4.72 Å². The molecule has 0 saturated heterocycles. The number of nitrogens with one attached hydrogen (secondary N) is 1. The number of hydrogen-bond donors (Lipinski definition) is 1. The summed E-state index contributed by atoms with van der Waals surface area (Å²) in [7, 11) is -2.09. The van der Waals surface area contributed by atoms with Gasteiger partial charge in [-0.3, -0.25) is 0 Å². The Kier molecular flexibility index (Phi) is 7.10. The summed E-state index contributed by atoms with van der Waals surface area (Å²) in [6.45, 7) is 8.59. The lowest BCUT2D eigenvalue weighted by Crippen LogP contribution is -2.24. The molecule has 2 aromatic carbocycles. The quantitative estimate of drug-likeness (QED) is 0.705. The molecule has 0 saturated carbocycles. The Morgan fingerprint density at radius 3 is 2.15 bits per heavy atom. The van der Waals surface area contributed by atoms with Crippen LogP contribution < -0.4 is 18.9 Å². The normalized spacial score (nSPS) is 11.3. The second-order valence-electron chi connectivity index (χ2n) is 5.99. The van der Waals surface area contributed by atoms with Gasteiger partial charge in [0, 0.05) is 6.54 Å². The van der Waals surface area contributed by atoms with Gasteiger partial charge in [0.25, 0.3) is 0 Å². The van der Waals surface area contributed by atoms with Crippen LogP contribution in [0.2, 0.25) is 0 Å². The molecule has 7 heteroatoms. The summed E-state index contributed by atoms with van der Waals surface area (Å²) in [4.78, 5) is 0.247. The average Bonchev–Trinajstić information content (AvgIpc) is 2.64. The SMILES string of the molecule is CCOc1ccc(CNS(=O)(=O)c2ccc(OC)c(C)c2C)cc1OCC. The molecule has 0 fully saturated rings. The van der Waals surface area contributed by atoms with Crippen molar-refractivity contribution in [2.75, 3.05) is 20.3 Å². The molecule has 148 valence electrons. The van der Waals surface area contributed by atoms with Crippen LogP contribution in [-0.4, -0.2) is 28.7 Å². The molecule has 0 amide bonds. The van der Waals surface area contributed by atoms with Crippen LogP contribution in [0.1, 0.15) is 30.5 Å². The minimum absolute atomic E-state index is 0.152. The van der Waals surface area contributed by atoms with Crippen LogP contribution >= 0.6 is 0 Å². The highest BCUT2D eigenvalue weighted by Gasteiger charge is 2.19. The Morgan fingerprint density at radius 1 is 0.889 bits per heavy atom. The molecule has 6 nitrogen and oxygen atoms in total. The minimum Gasteiger partial charge on any atom is -0.496 e. The number of hydrogen-bond acceptors (Lipinski definition) is 5. The molecule has 2 aromatic rings. The summed E-state index contributed by atoms with van der Waals surface area (Å²) in [5.41, 5.74) is 2.26. The lowest BCUT2D eigenvalue weighted by Gasteiger charge is -2.15. The van der Waals surface area contributed by atoms with E-state index in [0.717, 1.165) is 11.1 Å². The molecule has 0 unspecified atom stereocenters. The molecular weight excluding hydrogens is 366 g/mol. The first-order valence-corrected chi connectivity index (χ1v) is 10.3. The zero-order valence-corrected chi connectivity index (χ0v) is 17.3. The summed E-state index contributed by atoms with van der Waals surface area (Å²) in [6.07, 6.45) is 0. The van der Waals surface area contributed by atoms with Gasteiger partial charge in [-0.25, -0.2) is 13.1 Å². The molecule has 0 atom stereocenters. The minimum atomic E-state index is -3.66. The fraction of sp³-hybridized carbons (Fsp3) is 0.400. The Morgan fingerprint density at radius 2 is 1.52 bits per heavy atom. The van der Waals surface area contributed by atoms with Crippen molar-refractivity contribution in [3.8, 4) is 17.2 Å². The molecule has 27 heavy (non-hydrogen) atoms. The third kappa shape index (κ3) is 4.93. The fourth-order valence-corrected chi connectivity index (χ4v) is 4.06. The van der Waals surface area contributed by atoms with E-state index in [9.17, 15) is 8.42 Å². The van der Waals surface area contributed by atoms with Gasteiger partial charge in [-0.2, -0.15) is 0 Å². The molecule has 0 spiro atoms. The maximum atomic E-state index is 12.8. The Hall–Kier alpha value is -2.25. The Labute approximate surface area is 161 Å². The first-order chi connectivity index (χ1) is 12.8. The van der Waals surface area contributed by atoms with Crippen molar-refractivity contribution >= 4 is 10.0 Å². The van der Waals surface area contributed by atoms with Gasteiger partial charge in [0.15, 0.2) is 11.5 Å². The highest BCUT2D eigenvalue weighted by Crippen LogP contribution is 2.29. The maximum absolute atomic E-state index is 12.8. The highest BCUT2D eigenvalue weighted by molar-refractivity contribution is 7.89. The fourth-order valence-electron chi connectivity index (χ4n) is 2.74. The first kappa shape index (κ1) is 21.1. The molecule has 0 aliphatic carbocycles. The predicted octanol–water partition coefficient (Wildman–Crippen LogP) is 3.59. The van der Waals surface area contributed by atoms with Crippen LogP contribution in [0.15, 0.2) is 35.2 Å². The molecular formula is C20H27NO5S. The lowest BCUT2D eigenvalue weighted by molar-refractivity contribution is 0.287. The highest BCUT2D eigenvalue weighted by atomic mass is 32.2. The number of sulfonamides is 1. The Balaban J connectivity index is 2.22. The van der Waals surface area contributed by atoms with Crippen molar-refractivity contribution in [2.24, 2.45) is 0 Å². The molecule has 0 heterocycles. The summed E-state index contributed by atoms with van der Waals surface area (Å²) >= 11 is 0. The monoisotopic (exact) mass is 393 g/mol. The topological polar surface area (TPSA) is 73.9 Å². The average molecular weight is 394 g/mol. The molecule has 0 radical (unpaired) electrons. The van der Waals surface area contributed by atoms with E-state index >= 15 is 0 Å². The van der Waals surface area contributed by atoms with Gasteiger partial charge >= 0.3 is 0 Å². The third-order valence-corrected chi connectivity index (χ3v) is 5.82. The van der Waals surface area contributed by atoms with Crippen molar-refractivity contribution in [1.82, 2.24) is 4.72 Å². The van der Waals surface area contributed by atoms with Crippen LogP contribution in [0.3, 0.4) is 0 Å². The van der Waals surface area contributed by atoms with E-state index in [-0.39, 0.29) is 11.4 Å². The van der Waals surface area contributed by atoms with Crippen molar-refractivity contribution in [1.29, 1.82) is 0 Å². The third-order valence-electron chi connectivity index (χ3n) is 4.27. The number of ether oxygens (including phenoxy) is 3. The second-order valence-corrected chi connectivity index (χ2v) is 7.72. The van der Waals surface area contributed by atoms with Gasteiger partial charge < -0.3 is 14.2 Å². The molecule has 0 aliphatic heterocycles. The van der Waals surface area contributed by atoms with Gasteiger partial charge in [-0.05, 0) is 68.7 Å². The zero-order chi connectivity index (χ0) is 20.0. The molecule has 0 aliphatic rings. The predicted molar refractivity (Wildman–Crippen MR) is 105 cm³/mol. The van der Waals surface area contributed by atoms with Crippen molar-refractivity contribution in [2.45, 2.75) is 39.1 Å². The molecule has 1 N–H and O–H groups in total. The lowest BCUT2D eigenvalue weighted by atomic mass is 10.1. The zero-order valence-electron chi connectivity index (χ0n) is 16.5. The van der Waals surface area contributed by atoms with Gasteiger partial charge in [0.05, 0.1) is 25.2 Å². The summed E-state index contributed by atoms with van der Waals surface area (Å²) in [5.74, 6) is 1.92. The van der Waals surface area contributed by atoms with E-state index in [1.807, 2.05) is 26.8 Å². The molecule has 0 bridgehead atoms. The van der Waals surface area contributed by atoms with E-state index in [1.54, 1.807) is 38.3 Å². The van der Waals surface area contributed by atoms with Gasteiger partial charge in [-0.1, -0.05) is 6.07 Å². The van der Waals surface area contributed by atoms with Crippen molar-refractivity contribution in [3.05, 3.63) is 47.0 Å². The maximum Gasteiger partial charge on any atom is 0.241 e.